The Morgan fingerprint density at radius 2 is 1.49 bits per heavy atom. The van der Waals surface area contributed by atoms with Crippen molar-refractivity contribution in [2.75, 3.05) is 29.9 Å². The van der Waals surface area contributed by atoms with E-state index in [2.05, 4.69) is 93.1 Å². The third kappa shape index (κ3) is 13.8. The molecule has 0 saturated carbocycles. The van der Waals surface area contributed by atoms with Crippen LogP contribution in [-0.2, 0) is 18.0 Å². The molecule has 304 valence electrons. The highest BCUT2D eigenvalue weighted by Crippen LogP contribution is 2.28. The zero-order valence-electron chi connectivity index (χ0n) is 33.8. The van der Waals surface area contributed by atoms with Gasteiger partial charge in [0.2, 0.25) is 11.9 Å². The molecule has 3 heterocycles. The molecule has 0 bridgehead atoms. The molecule has 1 saturated heterocycles. The fraction of sp³-hybridized carbons (Fsp3) is 0.426. The number of nitrogens with zero attached hydrogens (tertiary/aromatic N) is 6. The lowest BCUT2D eigenvalue weighted by atomic mass is 10.0. The van der Waals surface area contributed by atoms with E-state index in [0.29, 0.717) is 18.9 Å². The molecular formula is C47H61FN6O3. The van der Waals surface area contributed by atoms with Crippen LogP contribution < -0.4 is 15.4 Å². The average molecular weight is 777 g/mol. The molecule has 4 aromatic rings. The van der Waals surface area contributed by atoms with Crippen LogP contribution in [0.3, 0.4) is 0 Å². The third-order valence-electron chi connectivity index (χ3n) is 10.3. The van der Waals surface area contributed by atoms with Gasteiger partial charge in [0.1, 0.15) is 12.5 Å². The van der Waals surface area contributed by atoms with Gasteiger partial charge in [-0.25, -0.2) is 14.4 Å². The lowest BCUT2D eigenvalue weighted by Gasteiger charge is -2.38. The summed E-state index contributed by atoms with van der Waals surface area (Å²) in [5, 5.41) is 10.6. The van der Waals surface area contributed by atoms with E-state index in [4.69, 9.17) is 9.72 Å². The van der Waals surface area contributed by atoms with Gasteiger partial charge in [-0.3, -0.25) is 9.36 Å². The van der Waals surface area contributed by atoms with E-state index in [0.717, 1.165) is 106 Å². The number of anilines is 2. The minimum Gasteiger partial charge on any atom is -0.368 e. The molecule has 1 N–H and O–H groups in total. The summed E-state index contributed by atoms with van der Waals surface area (Å²) in [7, 11) is 1.97. The average Bonchev–Trinajstić information content (AvgIpc) is 3.59. The Kier molecular flexibility index (Phi) is 18.0. The van der Waals surface area contributed by atoms with Gasteiger partial charge in [0.25, 0.3) is 5.56 Å². The molecule has 9 nitrogen and oxygen atoms in total. The van der Waals surface area contributed by atoms with Gasteiger partial charge in [-0.15, -0.1) is 0 Å². The number of allylic oxidation sites excluding steroid dienone is 10. The van der Waals surface area contributed by atoms with Crippen LogP contribution in [0.15, 0.2) is 126 Å². The maximum Gasteiger partial charge on any atom is 0.256 e. The van der Waals surface area contributed by atoms with E-state index < -0.39 is 6.29 Å². The molecule has 0 aliphatic carbocycles. The first kappa shape index (κ1) is 43.1. The summed E-state index contributed by atoms with van der Waals surface area (Å²) in [5.41, 5.74) is 2.75. The molecule has 0 amide bonds. The van der Waals surface area contributed by atoms with Gasteiger partial charge in [0, 0.05) is 38.4 Å². The number of hydrogen-bond donors (Lipinski definition) is 1. The number of aliphatic hydroxyl groups is 1. The number of rotatable bonds is 23. The Bertz CT molecular complexity index is 1990. The summed E-state index contributed by atoms with van der Waals surface area (Å²) in [5.74, 6) is 1.17. The number of halogens is 1. The van der Waals surface area contributed by atoms with Gasteiger partial charge in [0.15, 0.2) is 6.29 Å². The molecule has 1 atom stereocenters. The zero-order valence-corrected chi connectivity index (χ0v) is 33.8. The van der Waals surface area contributed by atoms with Crippen molar-refractivity contribution in [3.05, 3.63) is 143 Å². The van der Waals surface area contributed by atoms with Crippen molar-refractivity contribution in [2.45, 2.75) is 110 Å². The summed E-state index contributed by atoms with van der Waals surface area (Å²) in [6.07, 6.45) is 33.8. The van der Waals surface area contributed by atoms with Crippen molar-refractivity contribution in [3.63, 3.8) is 0 Å². The van der Waals surface area contributed by atoms with E-state index in [1.807, 2.05) is 37.4 Å². The van der Waals surface area contributed by atoms with Gasteiger partial charge in [-0.1, -0.05) is 98.4 Å². The largest absolute Gasteiger partial charge is 0.368 e. The summed E-state index contributed by atoms with van der Waals surface area (Å²) in [4.78, 5) is 26.9. The second-order valence-corrected chi connectivity index (χ2v) is 14.5. The molecule has 1 aliphatic heterocycles. The predicted molar refractivity (Wildman–Crippen MR) is 232 cm³/mol. The van der Waals surface area contributed by atoms with Crippen LogP contribution in [-0.4, -0.2) is 56.7 Å². The fourth-order valence-electron chi connectivity index (χ4n) is 7.05. The molecule has 0 radical (unpaired) electrons. The van der Waals surface area contributed by atoms with E-state index in [-0.39, 0.29) is 24.1 Å². The van der Waals surface area contributed by atoms with Crippen LogP contribution in [0.5, 0.6) is 0 Å². The molecule has 10 heteroatoms. The number of imidazole rings is 1. The highest BCUT2D eigenvalue weighted by Gasteiger charge is 2.28. The molecule has 2 aromatic heterocycles. The first-order valence-corrected chi connectivity index (χ1v) is 20.7. The van der Waals surface area contributed by atoms with Crippen LogP contribution in [0.2, 0.25) is 0 Å². The van der Waals surface area contributed by atoms with E-state index >= 15 is 0 Å². The second-order valence-electron chi connectivity index (χ2n) is 14.5. The van der Waals surface area contributed by atoms with Crippen molar-refractivity contribution < 1.29 is 14.2 Å². The molecule has 2 aromatic carbocycles. The molecule has 57 heavy (non-hydrogen) atoms. The normalized spacial score (nSPS) is 14.8. The van der Waals surface area contributed by atoms with Crippen molar-refractivity contribution in [1.29, 1.82) is 0 Å². The first-order valence-electron chi connectivity index (χ1n) is 20.7. The number of unbranched alkanes of at least 4 members (excludes halogenated alkanes) is 3. The SMILES string of the molecule is CCC=CCC=CCC=CCC=CCC=CCCCCCC(O)OCn1c(N(C)C2CCN(c3nc4ccccc4n3Cc3ccc(F)cc3)CC2)nccc1=O. The first-order chi connectivity index (χ1) is 27.9. The quantitative estimate of drug-likeness (QED) is 0.0456. The van der Waals surface area contributed by atoms with Crippen LogP contribution in [0, 0.1) is 5.82 Å². The summed E-state index contributed by atoms with van der Waals surface area (Å²) in [6.45, 7) is 4.22. The van der Waals surface area contributed by atoms with Gasteiger partial charge >= 0.3 is 0 Å². The van der Waals surface area contributed by atoms with Crippen LogP contribution in [0.25, 0.3) is 11.0 Å². The minimum atomic E-state index is -0.957. The van der Waals surface area contributed by atoms with Crippen LogP contribution in [0.1, 0.15) is 89.5 Å². The van der Waals surface area contributed by atoms with Gasteiger partial charge in [-0.05, 0) is 100 Å². The third-order valence-corrected chi connectivity index (χ3v) is 10.3. The molecular weight excluding hydrogens is 716 g/mol. The Balaban J connectivity index is 1.01. The topological polar surface area (TPSA) is 88.7 Å². The second kappa shape index (κ2) is 23.9. The molecule has 1 unspecified atom stereocenters. The van der Waals surface area contributed by atoms with Crippen molar-refractivity contribution in [3.8, 4) is 0 Å². The van der Waals surface area contributed by atoms with Crippen molar-refractivity contribution >= 4 is 22.9 Å². The lowest BCUT2D eigenvalue weighted by molar-refractivity contribution is -0.130. The highest BCUT2D eigenvalue weighted by atomic mass is 19.1. The predicted octanol–water partition coefficient (Wildman–Crippen LogP) is 9.88. The number of para-hydroxylation sites is 2. The number of benzene rings is 2. The number of fused-ring (bicyclic) bond motifs is 1. The summed E-state index contributed by atoms with van der Waals surface area (Å²) >= 11 is 0. The van der Waals surface area contributed by atoms with Crippen molar-refractivity contribution in [1.82, 2.24) is 19.1 Å². The van der Waals surface area contributed by atoms with Crippen LogP contribution >= 0.6 is 0 Å². The standard InChI is InChI=1S/C47H61FN6O3/c1-3-4-5-6-7-8-9-10-11-12-13-14-15-16-17-18-19-20-21-26-45(56)57-38-54-44(55)31-34-49-46(54)51(2)41-32-35-52(36-33-41)47-50-42-24-22-23-25-43(42)53(47)37-39-27-29-40(48)30-28-39/h4-5,7-8,10-11,13-14,16-17,22-25,27-31,34,41,45,56H,3,6,9,12,15,18-21,26,32-33,35-38H2,1-2H3. The Hall–Kier alpha value is -5.06. The minimum absolute atomic E-state index is 0.0696. The van der Waals surface area contributed by atoms with E-state index in [1.54, 1.807) is 0 Å². The summed E-state index contributed by atoms with van der Waals surface area (Å²) < 4.78 is 23.1. The van der Waals surface area contributed by atoms with Gasteiger partial charge in [-0.2, -0.15) is 0 Å². The van der Waals surface area contributed by atoms with Crippen molar-refractivity contribution in [2.24, 2.45) is 0 Å². The number of ether oxygens (including phenoxy) is 1. The van der Waals surface area contributed by atoms with Crippen LogP contribution in [0.4, 0.5) is 16.3 Å². The molecule has 1 aliphatic rings. The Morgan fingerprint density at radius 3 is 2.18 bits per heavy atom. The highest BCUT2D eigenvalue weighted by molar-refractivity contribution is 5.79. The Labute approximate surface area is 338 Å². The van der Waals surface area contributed by atoms with Gasteiger partial charge < -0.3 is 24.2 Å². The number of aliphatic hydroxyl groups excluding tert-OH is 1. The monoisotopic (exact) mass is 776 g/mol. The number of piperidine rings is 1. The van der Waals surface area contributed by atoms with Gasteiger partial charge in [0.05, 0.1) is 17.6 Å². The molecule has 1 fully saturated rings. The van der Waals surface area contributed by atoms with E-state index in [9.17, 15) is 14.3 Å². The molecule has 5 rings (SSSR count). The van der Waals surface area contributed by atoms with E-state index in [1.165, 1.54) is 29.0 Å². The maximum absolute atomic E-state index is 13.6. The molecule has 0 spiro atoms. The number of aromatic nitrogens is 4. The Morgan fingerprint density at radius 1 is 0.842 bits per heavy atom. The lowest BCUT2D eigenvalue weighted by Crippen LogP contribution is -2.46. The number of hydrogen-bond acceptors (Lipinski definition) is 7. The fourth-order valence-corrected chi connectivity index (χ4v) is 7.05. The zero-order chi connectivity index (χ0) is 40.1. The summed E-state index contributed by atoms with van der Waals surface area (Å²) in [6, 6.07) is 16.3. The smallest absolute Gasteiger partial charge is 0.256 e. The maximum atomic E-state index is 13.6.